The van der Waals surface area contributed by atoms with Gasteiger partial charge in [0.25, 0.3) is 5.91 Å². The molecule has 2 rings (SSSR count). The van der Waals surface area contributed by atoms with Crippen molar-refractivity contribution in [3.05, 3.63) is 36.1 Å². The molecule has 0 aliphatic carbocycles. The quantitative estimate of drug-likeness (QED) is 0.859. The van der Waals surface area contributed by atoms with Gasteiger partial charge in [-0.25, -0.2) is 0 Å². The third kappa shape index (κ3) is 3.84. The van der Waals surface area contributed by atoms with E-state index < -0.39 is 0 Å². The summed E-state index contributed by atoms with van der Waals surface area (Å²) >= 11 is 0. The summed E-state index contributed by atoms with van der Waals surface area (Å²) in [5.41, 5.74) is 0.778. The molecule has 1 heterocycles. The molecule has 1 aromatic carbocycles. The summed E-state index contributed by atoms with van der Waals surface area (Å²) in [6.45, 7) is 4.98. The number of nitrogens with one attached hydrogen (secondary N) is 1. The van der Waals surface area contributed by atoms with Gasteiger partial charge >= 0.3 is 5.97 Å². The van der Waals surface area contributed by atoms with Gasteiger partial charge in [-0.05, 0) is 19.1 Å². The molecule has 112 valence electrons. The van der Waals surface area contributed by atoms with E-state index >= 15 is 0 Å². The van der Waals surface area contributed by atoms with Crippen LogP contribution in [-0.4, -0.2) is 18.5 Å². The summed E-state index contributed by atoms with van der Waals surface area (Å²) in [4.78, 5) is 23.0. The van der Waals surface area contributed by atoms with Crippen LogP contribution in [0, 0.1) is 5.92 Å². The molecule has 1 atom stereocenters. The van der Waals surface area contributed by atoms with Gasteiger partial charge in [0, 0.05) is 5.39 Å². The van der Waals surface area contributed by atoms with Gasteiger partial charge in [-0.3, -0.25) is 9.59 Å². The van der Waals surface area contributed by atoms with Crippen molar-refractivity contribution in [2.24, 2.45) is 5.92 Å². The molecule has 1 aromatic heterocycles. The van der Waals surface area contributed by atoms with Gasteiger partial charge in [0.15, 0.2) is 6.61 Å². The Morgan fingerprint density at radius 3 is 2.62 bits per heavy atom. The number of carbonyl (C=O) groups excluding carboxylic acids is 2. The lowest BCUT2D eigenvalue weighted by Gasteiger charge is -2.12. The number of carbonyl (C=O) groups is 2. The van der Waals surface area contributed by atoms with Crippen LogP contribution in [-0.2, 0) is 14.3 Å². The Labute approximate surface area is 123 Å². The van der Waals surface area contributed by atoms with E-state index in [1.54, 1.807) is 13.8 Å². The van der Waals surface area contributed by atoms with Crippen LogP contribution in [0.1, 0.15) is 32.6 Å². The van der Waals surface area contributed by atoms with Gasteiger partial charge in [0.1, 0.15) is 11.3 Å². The lowest BCUT2D eigenvalue weighted by Crippen LogP contribution is -2.31. The Bertz CT molecular complexity index is 612. The van der Waals surface area contributed by atoms with E-state index in [2.05, 4.69) is 5.32 Å². The number of ether oxygens (including phenoxy) is 1. The van der Waals surface area contributed by atoms with Crippen molar-refractivity contribution in [3.63, 3.8) is 0 Å². The second-order valence-electron chi connectivity index (χ2n) is 5.24. The second kappa shape index (κ2) is 6.43. The average Bonchev–Trinajstić information content (AvgIpc) is 2.88. The van der Waals surface area contributed by atoms with E-state index in [4.69, 9.17) is 9.15 Å². The third-order valence-electron chi connectivity index (χ3n) is 3.07. The molecular weight excluding hydrogens is 270 g/mol. The van der Waals surface area contributed by atoms with Gasteiger partial charge in [-0.2, -0.15) is 0 Å². The number of benzene rings is 1. The zero-order chi connectivity index (χ0) is 15.4. The summed E-state index contributed by atoms with van der Waals surface area (Å²) < 4.78 is 10.6. The molecule has 0 saturated heterocycles. The Kier molecular flexibility index (Phi) is 4.62. The molecule has 0 aliphatic rings. The Balaban J connectivity index is 1.93. The fourth-order valence-electron chi connectivity index (χ4n) is 1.87. The van der Waals surface area contributed by atoms with Crippen LogP contribution in [0.2, 0.25) is 0 Å². The first-order valence-electron chi connectivity index (χ1n) is 6.92. The Morgan fingerprint density at radius 2 is 1.95 bits per heavy atom. The molecule has 0 radical (unpaired) electrons. The molecule has 2 aromatic rings. The number of esters is 1. The lowest BCUT2D eigenvalue weighted by molar-refractivity contribution is -0.151. The van der Waals surface area contributed by atoms with E-state index in [0.717, 1.165) is 11.0 Å². The monoisotopic (exact) mass is 289 g/mol. The normalized spacial score (nSPS) is 12.4. The highest BCUT2D eigenvalue weighted by molar-refractivity contribution is 5.82. The van der Waals surface area contributed by atoms with Crippen molar-refractivity contribution in [1.29, 1.82) is 0 Å². The first kappa shape index (κ1) is 15.1. The SMILES string of the molecule is CC(C)C(=O)OCC(=O)N[C@@H](C)c1cc2ccccc2o1. The van der Waals surface area contributed by atoms with Crippen LogP contribution in [0.25, 0.3) is 11.0 Å². The topological polar surface area (TPSA) is 68.5 Å². The van der Waals surface area contributed by atoms with Crippen molar-refractivity contribution < 1.29 is 18.7 Å². The summed E-state index contributed by atoms with van der Waals surface area (Å²) in [6.07, 6.45) is 0. The van der Waals surface area contributed by atoms with Gasteiger partial charge in [0.05, 0.1) is 12.0 Å². The van der Waals surface area contributed by atoms with E-state index in [1.807, 2.05) is 37.3 Å². The van der Waals surface area contributed by atoms with E-state index in [0.29, 0.717) is 5.76 Å². The van der Waals surface area contributed by atoms with Crippen LogP contribution in [0.4, 0.5) is 0 Å². The molecule has 1 N–H and O–H groups in total. The summed E-state index contributed by atoms with van der Waals surface area (Å²) in [5, 5.41) is 3.73. The third-order valence-corrected chi connectivity index (χ3v) is 3.07. The summed E-state index contributed by atoms with van der Waals surface area (Å²) in [5.74, 6) is -0.316. The van der Waals surface area contributed by atoms with Gasteiger partial charge in [0.2, 0.25) is 0 Å². The van der Waals surface area contributed by atoms with Crippen LogP contribution in [0.5, 0.6) is 0 Å². The highest BCUT2D eigenvalue weighted by atomic mass is 16.5. The summed E-state index contributed by atoms with van der Waals surface area (Å²) in [6, 6.07) is 9.24. The maximum absolute atomic E-state index is 11.7. The molecule has 0 bridgehead atoms. The summed E-state index contributed by atoms with van der Waals surface area (Å²) in [7, 11) is 0. The minimum Gasteiger partial charge on any atom is -0.459 e. The molecular formula is C16H19NO4. The first-order chi connectivity index (χ1) is 9.97. The molecule has 21 heavy (non-hydrogen) atoms. The molecule has 5 heteroatoms. The van der Waals surface area contributed by atoms with Gasteiger partial charge in [-0.15, -0.1) is 0 Å². The first-order valence-corrected chi connectivity index (χ1v) is 6.92. The molecule has 0 saturated carbocycles. The zero-order valence-electron chi connectivity index (χ0n) is 12.4. The van der Waals surface area contributed by atoms with Crippen molar-refractivity contribution in [1.82, 2.24) is 5.32 Å². The van der Waals surface area contributed by atoms with Gasteiger partial charge < -0.3 is 14.5 Å². The van der Waals surface area contributed by atoms with Crippen LogP contribution in [0.15, 0.2) is 34.7 Å². The minimum absolute atomic E-state index is 0.245. The number of para-hydroxylation sites is 1. The number of amides is 1. The molecule has 5 nitrogen and oxygen atoms in total. The molecule has 0 unspecified atom stereocenters. The number of hydrogen-bond donors (Lipinski definition) is 1. The lowest BCUT2D eigenvalue weighted by atomic mass is 10.2. The Hall–Kier alpha value is -2.30. The standard InChI is InChI=1S/C16H19NO4/c1-10(2)16(19)20-9-15(18)17-11(3)14-8-12-6-4-5-7-13(12)21-14/h4-8,10-11H,9H2,1-3H3,(H,17,18)/t11-/m0/s1. The molecule has 0 aliphatic heterocycles. The minimum atomic E-state index is -0.387. The van der Waals surface area contributed by atoms with Crippen LogP contribution in [0.3, 0.4) is 0 Å². The zero-order valence-corrected chi connectivity index (χ0v) is 12.4. The maximum Gasteiger partial charge on any atom is 0.308 e. The van der Waals surface area contributed by atoms with E-state index in [9.17, 15) is 9.59 Å². The molecule has 1 amide bonds. The van der Waals surface area contributed by atoms with Crippen molar-refractivity contribution in [2.45, 2.75) is 26.8 Å². The van der Waals surface area contributed by atoms with Crippen molar-refractivity contribution in [3.8, 4) is 0 Å². The highest BCUT2D eigenvalue weighted by Crippen LogP contribution is 2.23. The van der Waals surface area contributed by atoms with Crippen LogP contribution < -0.4 is 5.32 Å². The fraction of sp³-hybridized carbons (Fsp3) is 0.375. The number of hydrogen-bond acceptors (Lipinski definition) is 4. The van der Waals surface area contributed by atoms with E-state index in [-0.39, 0.29) is 30.4 Å². The molecule has 0 spiro atoms. The maximum atomic E-state index is 11.7. The van der Waals surface area contributed by atoms with Crippen LogP contribution >= 0.6 is 0 Å². The predicted molar refractivity (Wildman–Crippen MR) is 78.6 cm³/mol. The number of fused-ring (bicyclic) bond motifs is 1. The predicted octanol–water partition coefficient (Wildman–Crippen LogP) is 2.81. The van der Waals surface area contributed by atoms with Crippen molar-refractivity contribution >= 4 is 22.8 Å². The molecule has 0 fully saturated rings. The number of furan rings is 1. The van der Waals surface area contributed by atoms with Crippen molar-refractivity contribution in [2.75, 3.05) is 6.61 Å². The van der Waals surface area contributed by atoms with Gasteiger partial charge in [-0.1, -0.05) is 32.0 Å². The average molecular weight is 289 g/mol. The second-order valence-corrected chi connectivity index (χ2v) is 5.24. The van der Waals surface area contributed by atoms with E-state index in [1.165, 1.54) is 0 Å². The highest BCUT2D eigenvalue weighted by Gasteiger charge is 2.16. The fourth-order valence-corrected chi connectivity index (χ4v) is 1.87. The smallest absolute Gasteiger partial charge is 0.308 e. The Morgan fingerprint density at radius 1 is 1.24 bits per heavy atom. The largest absolute Gasteiger partial charge is 0.459 e. The number of rotatable bonds is 5.